The van der Waals surface area contributed by atoms with Crippen LogP contribution in [0.25, 0.3) is 22.6 Å². The summed E-state index contributed by atoms with van der Waals surface area (Å²) in [6.07, 6.45) is 10.8. The number of aromatic nitrogens is 7. The van der Waals surface area contributed by atoms with E-state index in [1.165, 1.54) is 0 Å². The second kappa shape index (κ2) is 10.5. The highest BCUT2D eigenvalue weighted by Crippen LogP contribution is 2.43. The van der Waals surface area contributed by atoms with E-state index in [1.54, 1.807) is 0 Å². The van der Waals surface area contributed by atoms with Crippen LogP contribution in [-0.2, 0) is 22.9 Å². The van der Waals surface area contributed by atoms with Crippen molar-refractivity contribution in [3.05, 3.63) is 36.3 Å². The lowest BCUT2D eigenvalue weighted by molar-refractivity contribution is -0.0368. The van der Waals surface area contributed by atoms with Gasteiger partial charge in [0.2, 0.25) is 0 Å². The second-order valence-electron chi connectivity index (χ2n) is 12.7. The maximum atomic E-state index is 6.59. The molecule has 0 aliphatic carbocycles. The summed E-state index contributed by atoms with van der Waals surface area (Å²) in [5.41, 5.74) is 12.1. The van der Waals surface area contributed by atoms with Gasteiger partial charge < -0.3 is 25.0 Å². The minimum atomic E-state index is -0.150. The van der Waals surface area contributed by atoms with Crippen LogP contribution in [0.3, 0.4) is 0 Å². The predicted octanol–water partition coefficient (Wildman–Crippen LogP) is 3.74. The van der Waals surface area contributed by atoms with Gasteiger partial charge in [-0.05, 0) is 70.1 Å². The Bertz CT molecular complexity index is 1630. The van der Waals surface area contributed by atoms with E-state index in [0.29, 0.717) is 0 Å². The van der Waals surface area contributed by atoms with Crippen molar-refractivity contribution in [3.63, 3.8) is 0 Å². The van der Waals surface area contributed by atoms with E-state index in [9.17, 15) is 0 Å². The molecule has 0 saturated carbocycles. The van der Waals surface area contributed by atoms with Crippen LogP contribution in [0.1, 0.15) is 57.4 Å². The Balaban J connectivity index is 1.14. The number of anilines is 3. The lowest BCUT2D eigenvalue weighted by Gasteiger charge is -2.41. The highest BCUT2D eigenvalue weighted by Gasteiger charge is 2.47. The van der Waals surface area contributed by atoms with Crippen molar-refractivity contribution in [1.82, 2.24) is 34.5 Å². The van der Waals surface area contributed by atoms with E-state index < -0.39 is 0 Å². The molecule has 0 bridgehead atoms. The summed E-state index contributed by atoms with van der Waals surface area (Å²) in [5.74, 6) is 1.70. The van der Waals surface area contributed by atoms with E-state index in [1.807, 2.05) is 34.9 Å². The SMILES string of the molecule is C[C@@H]1OCC2(CCN(c3cnc4c(N5CCCc6nc(-c7ccn(C)n7)ccc65)nn(C5CCCCO5)c4n3)CC2)[C@@H]1N. The van der Waals surface area contributed by atoms with Crippen LogP contribution in [0, 0.1) is 5.41 Å². The maximum Gasteiger partial charge on any atom is 0.183 e. The first-order valence-corrected chi connectivity index (χ1v) is 15.8. The van der Waals surface area contributed by atoms with Gasteiger partial charge in [-0.1, -0.05) is 0 Å². The average Bonchev–Trinajstić information content (AvgIpc) is 3.73. The van der Waals surface area contributed by atoms with E-state index in [2.05, 4.69) is 34.0 Å². The molecule has 226 valence electrons. The molecule has 12 heteroatoms. The van der Waals surface area contributed by atoms with Crippen LogP contribution < -0.4 is 15.5 Å². The quantitative estimate of drug-likeness (QED) is 0.379. The summed E-state index contributed by atoms with van der Waals surface area (Å²) >= 11 is 0. The number of hydrogen-bond donors (Lipinski definition) is 1. The summed E-state index contributed by atoms with van der Waals surface area (Å²) in [7, 11) is 1.93. The molecule has 12 nitrogen and oxygen atoms in total. The topological polar surface area (TPSA) is 125 Å². The average molecular weight is 585 g/mol. The molecule has 4 aliphatic heterocycles. The summed E-state index contributed by atoms with van der Waals surface area (Å²) in [5, 5.41) is 9.73. The molecule has 1 spiro atoms. The highest BCUT2D eigenvalue weighted by molar-refractivity contribution is 5.88. The van der Waals surface area contributed by atoms with E-state index >= 15 is 0 Å². The fourth-order valence-corrected chi connectivity index (χ4v) is 7.35. The number of aryl methyl sites for hydroxylation is 2. The van der Waals surface area contributed by atoms with E-state index in [4.69, 9.17) is 35.3 Å². The number of nitrogens with zero attached hydrogens (tertiary/aromatic N) is 9. The van der Waals surface area contributed by atoms with Crippen molar-refractivity contribution in [3.8, 4) is 11.4 Å². The Kier molecular flexibility index (Phi) is 6.61. The molecule has 3 fully saturated rings. The Hall–Kier alpha value is -3.61. The third kappa shape index (κ3) is 4.58. The van der Waals surface area contributed by atoms with Gasteiger partial charge in [0.25, 0.3) is 0 Å². The molecule has 2 N–H and O–H groups in total. The maximum absolute atomic E-state index is 6.59. The Morgan fingerprint density at radius 3 is 2.60 bits per heavy atom. The molecule has 0 radical (unpaired) electrons. The molecule has 0 aromatic carbocycles. The molecule has 4 aromatic heterocycles. The van der Waals surface area contributed by atoms with Gasteiger partial charge in [0, 0.05) is 50.9 Å². The standard InChI is InChI=1S/C31H40N10O2/c1-20-28(32)31(19-43-20)11-15-39(16-12-31)25-18-33-27-29(35-25)41(26-7-3-4-17-42-26)37-30(27)40-13-5-6-23-24(40)9-8-21(34-23)22-10-14-38(2)36-22/h8-10,14,18,20,26,28H,3-7,11-13,15-17,19,32H2,1-2H3/t20-,26?,28+/m0/s1. The van der Waals surface area contributed by atoms with Gasteiger partial charge in [0.15, 0.2) is 23.2 Å². The predicted molar refractivity (Wildman–Crippen MR) is 163 cm³/mol. The van der Waals surface area contributed by atoms with Crippen LogP contribution >= 0.6 is 0 Å². The molecule has 43 heavy (non-hydrogen) atoms. The van der Waals surface area contributed by atoms with E-state index in [-0.39, 0.29) is 23.8 Å². The summed E-state index contributed by atoms with van der Waals surface area (Å²) < 4.78 is 16.0. The Morgan fingerprint density at radius 2 is 1.86 bits per heavy atom. The van der Waals surface area contributed by atoms with Gasteiger partial charge in [0.05, 0.1) is 36.0 Å². The molecular weight excluding hydrogens is 544 g/mol. The first kappa shape index (κ1) is 27.0. The van der Waals surface area contributed by atoms with E-state index in [0.717, 1.165) is 123 Å². The molecule has 8 heterocycles. The van der Waals surface area contributed by atoms with Crippen LogP contribution in [0.15, 0.2) is 30.6 Å². The van der Waals surface area contributed by atoms with Crippen molar-refractivity contribution in [1.29, 1.82) is 0 Å². The smallest absolute Gasteiger partial charge is 0.183 e. The van der Waals surface area contributed by atoms with Gasteiger partial charge in [0.1, 0.15) is 11.5 Å². The lowest BCUT2D eigenvalue weighted by Crippen LogP contribution is -2.50. The molecule has 1 unspecified atom stereocenters. The summed E-state index contributed by atoms with van der Waals surface area (Å²) in [4.78, 5) is 19.9. The summed E-state index contributed by atoms with van der Waals surface area (Å²) in [6, 6.07) is 6.28. The number of ether oxygens (including phenoxy) is 2. The first-order valence-electron chi connectivity index (χ1n) is 15.8. The minimum absolute atomic E-state index is 0.0600. The van der Waals surface area contributed by atoms with Gasteiger partial charge in [-0.25, -0.2) is 19.6 Å². The van der Waals surface area contributed by atoms with Crippen molar-refractivity contribution < 1.29 is 9.47 Å². The molecular formula is C31H40N10O2. The zero-order chi connectivity index (χ0) is 29.1. The molecule has 3 atom stereocenters. The number of fused-ring (bicyclic) bond motifs is 2. The summed E-state index contributed by atoms with van der Waals surface area (Å²) in [6.45, 7) is 6.18. The molecule has 8 rings (SSSR count). The molecule has 0 amide bonds. The minimum Gasteiger partial charge on any atom is -0.376 e. The lowest BCUT2D eigenvalue weighted by atomic mass is 9.73. The third-order valence-electron chi connectivity index (χ3n) is 10.00. The molecule has 4 aromatic rings. The zero-order valence-corrected chi connectivity index (χ0v) is 25.0. The second-order valence-corrected chi connectivity index (χ2v) is 12.7. The zero-order valence-electron chi connectivity index (χ0n) is 25.0. The third-order valence-corrected chi connectivity index (χ3v) is 10.00. The fourth-order valence-electron chi connectivity index (χ4n) is 7.35. The normalized spacial score (nSPS) is 25.5. The number of piperidine rings is 1. The highest BCUT2D eigenvalue weighted by atomic mass is 16.5. The van der Waals surface area contributed by atoms with Gasteiger partial charge in [-0.3, -0.25) is 4.68 Å². The number of pyridine rings is 1. The number of rotatable bonds is 4. The van der Waals surface area contributed by atoms with Crippen LogP contribution in [0.4, 0.5) is 17.3 Å². The molecule has 4 aliphatic rings. The number of hydrogen-bond acceptors (Lipinski definition) is 10. The number of nitrogens with two attached hydrogens (primary N) is 1. The largest absolute Gasteiger partial charge is 0.376 e. The van der Waals surface area contributed by atoms with Crippen molar-refractivity contribution in [2.45, 2.75) is 70.2 Å². The van der Waals surface area contributed by atoms with Crippen molar-refractivity contribution >= 4 is 28.5 Å². The Labute approximate surface area is 251 Å². The monoisotopic (exact) mass is 584 g/mol. The first-order chi connectivity index (χ1) is 21.0. The van der Waals surface area contributed by atoms with Gasteiger partial charge >= 0.3 is 0 Å². The van der Waals surface area contributed by atoms with Crippen LogP contribution in [0.5, 0.6) is 0 Å². The van der Waals surface area contributed by atoms with Crippen LogP contribution in [-0.4, -0.2) is 79.5 Å². The van der Waals surface area contributed by atoms with Gasteiger partial charge in [-0.15, -0.1) is 5.10 Å². The molecule has 3 saturated heterocycles. The van der Waals surface area contributed by atoms with Crippen molar-refractivity contribution in [2.24, 2.45) is 18.2 Å². The fraction of sp³-hybridized carbons (Fsp3) is 0.581. The van der Waals surface area contributed by atoms with Gasteiger partial charge in [-0.2, -0.15) is 5.10 Å². The Morgan fingerprint density at radius 1 is 0.977 bits per heavy atom. The van der Waals surface area contributed by atoms with Crippen LogP contribution in [0.2, 0.25) is 0 Å². The van der Waals surface area contributed by atoms with Crippen molar-refractivity contribution in [2.75, 3.05) is 42.6 Å².